The first-order valence-corrected chi connectivity index (χ1v) is 5.91. The molecule has 1 aliphatic rings. The molecule has 1 heterocycles. The molecule has 16 heavy (non-hydrogen) atoms. The van der Waals surface area contributed by atoms with Gasteiger partial charge in [0.2, 0.25) is 6.34 Å². The Hall–Kier alpha value is -1.19. The topological polar surface area (TPSA) is 21.6 Å². The van der Waals surface area contributed by atoms with Crippen LogP contribution in [-0.2, 0) is 11.4 Å². The van der Waals surface area contributed by atoms with Crippen LogP contribution in [0.15, 0.2) is 35.3 Å². The molecule has 0 saturated carbocycles. The number of benzene rings is 1. The van der Waals surface area contributed by atoms with Crippen molar-refractivity contribution in [3.05, 3.63) is 35.9 Å². The highest BCUT2D eigenvalue weighted by atomic mass is 16.7. The third kappa shape index (κ3) is 2.68. The van der Waals surface area contributed by atoms with E-state index < -0.39 is 0 Å². The van der Waals surface area contributed by atoms with Crippen LogP contribution in [-0.4, -0.2) is 30.7 Å². The molecule has 0 aromatic heterocycles. The monoisotopic (exact) mass is 219 g/mol. The molecule has 0 saturated heterocycles. The fourth-order valence-electron chi connectivity index (χ4n) is 1.92. The lowest BCUT2D eigenvalue weighted by atomic mass is 10.2. The minimum absolute atomic E-state index is 0.553. The fourth-order valence-corrected chi connectivity index (χ4v) is 1.92. The van der Waals surface area contributed by atoms with Gasteiger partial charge in [0.15, 0.2) is 0 Å². The minimum Gasteiger partial charge on any atom is -0.233 e. The van der Waals surface area contributed by atoms with Crippen LogP contribution in [0.5, 0.6) is 0 Å². The third-order valence-corrected chi connectivity index (χ3v) is 2.75. The average Bonchev–Trinajstić information content (AvgIpc) is 2.77. The Labute approximate surface area is 96.9 Å². The molecule has 1 aromatic carbocycles. The molecule has 0 radical (unpaired) electrons. The molecule has 0 spiro atoms. The second-order valence-corrected chi connectivity index (χ2v) is 4.17. The number of hydrogen-bond acceptors (Lipinski definition) is 2. The summed E-state index contributed by atoms with van der Waals surface area (Å²) in [5.74, 6) is 0. The normalized spacial score (nSPS) is 23.8. The van der Waals surface area contributed by atoms with E-state index >= 15 is 0 Å². The fraction of sp³-hybridized carbons (Fsp3) is 0.462. The summed E-state index contributed by atoms with van der Waals surface area (Å²) in [7, 11) is 0. The van der Waals surface area contributed by atoms with Gasteiger partial charge in [0.1, 0.15) is 19.7 Å². The largest absolute Gasteiger partial charge is 0.233 e. The zero-order valence-electron chi connectivity index (χ0n) is 9.80. The average molecular weight is 219 g/mol. The standard InChI is InChI=1S/C13H19N2O/c1-2-10-16-15(9-8-14-12-15)11-13-6-4-3-5-7-13/h3-7,12H,2,8-11H2,1H3/q+1. The van der Waals surface area contributed by atoms with Crippen molar-refractivity contribution in [2.24, 2.45) is 4.99 Å². The molecule has 1 atom stereocenters. The number of hydroxylamine groups is 3. The summed E-state index contributed by atoms with van der Waals surface area (Å²) in [6, 6.07) is 10.5. The minimum atomic E-state index is 0.553. The van der Waals surface area contributed by atoms with Gasteiger partial charge in [-0.2, -0.15) is 4.84 Å². The van der Waals surface area contributed by atoms with Crippen LogP contribution in [0.1, 0.15) is 18.9 Å². The zero-order valence-corrected chi connectivity index (χ0v) is 9.80. The molecule has 1 aliphatic heterocycles. The summed E-state index contributed by atoms with van der Waals surface area (Å²) in [6.45, 7) is 5.63. The van der Waals surface area contributed by atoms with Gasteiger partial charge in [-0.05, 0) is 6.42 Å². The molecule has 0 aliphatic carbocycles. The van der Waals surface area contributed by atoms with Gasteiger partial charge in [0, 0.05) is 5.56 Å². The van der Waals surface area contributed by atoms with Gasteiger partial charge in [-0.25, -0.2) is 4.99 Å². The van der Waals surface area contributed by atoms with Gasteiger partial charge in [-0.3, -0.25) is 0 Å². The molecule has 1 aromatic rings. The first-order chi connectivity index (χ1) is 7.85. The van der Waals surface area contributed by atoms with Crippen LogP contribution in [0, 0.1) is 0 Å². The predicted molar refractivity (Wildman–Crippen MR) is 64.9 cm³/mol. The Kier molecular flexibility index (Phi) is 3.70. The Bertz CT molecular complexity index is 350. The van der Waals surface area contributed by atoms with Crippen LogP contribution in [0.4, 0.5) is 0 Å². The first kappa shape index (κ1) is 11.3. The maximum Gasteiger partial charge on any atom is 0.218 e. The van der Waals surface area contributed by atoms with E-state index in [4.69, 9.17) is 4.84 Å². The van der Waals surface area contributed by atoms with E-state index in [1.165, 1.54) is 5.56 Å². The summed E-state index contributed by atoms with van der Waals surface area (Å²) in [4.78, 5) is 10.2. The molecule has 2 rings (SSSR count). The Morgan fingerprint density at radius 1 is 1.31 bits per heavy atom. The molecule has 86 valence electrons. The van der Waals surface area contributed by atoms with Gasteiger partial charge in [0.05, 0.1) is 6.54 Å². The summed E-state index contributed by atoms with van der Waals surface area (Å²) in [5.41, 5.74) is 1.30. The van der Waals surface area contributed by atoms with E-state index in [1.807, 2.05) is 12.4 Å². The molecule has 3 heteroatoms. The molecule has 0 N–H and O–H groups in total. The molecule has 1 unspecified atom stereocenters. The maximum absolute atomic E-state index is 5.93. The summed E-state index contributed by atoms with van der Waals surface area (Å²) in [6.07, 6.45) is 2.99. The summed E-state index contributed by atoms with van der Waals surface area (Å²) >= 11 is 0. The third-order valence-electron chi connectivity index (χ3n) is 2.75. The highest BCUT2D eigenvalue weighted by Gasteiger charge is 2.31. The van der Waals surface area contributed by atoms with E-state index in [1.54, 1.807) is 0 Å². The molecule has 0 bridgehead atoms. The number of hydrogen-bond donors (Lipinski definition) is 0. The van der Waals surface area contributed by atoms with Crippen LogP contribution >= 0.6 is 0 Å². The lowest BCUT2D eigenvalue weighted by Gasteiger charge is -2.27. The molecular formula is C13H19N2O+. The summed E-state index contributed by atoms with van der Waals surface area (Å²) < 4.78 is 0.553. The Morgan fingerprint density at radius 2 is 2.12 bits per heavy atom. The van der Waals surface area contributed by atoms with Crippen LogP contribution in [0.2, 0.25) is 0 Å². The molecule has 0 fully saturated rings. The first-order valence-electron chi connectivity index (χ1n) is 5.91. The van der Waals surface area contributed by atoms with Crippen molar-refractivity contribution in [3.63, 3.8) is 0 Å². The van der Waals surface area contributed by atoms with Gasteiger partial charge in [-0.1, -0.05) is 37.3 Å². The number of aliphatic imine (C=N–C) groups is 1. The number of nitrogens with zero attached hydrogens (tertiary/aromatic N) is 2. The zero-order chi connectivity index (χ0) is 11.3. The van der Waals surface area contributed by atoms with E-state index in [9.17, 15) is 0 Å². The molecular weight excluding hydrogens is 200 g/mol. The van der Waals surface area contributed by atoms with E-state index in [0.29, 0.717) is 4.65 Å². The van der Waals surface area contributed by atoms with Gasteiger partial charge >= 0.3 is 0 Å². The number of quaternary nitrogens is 1. The van der Waals surface area contributed by atoms with E-state index in [0.717, 1.165) is 32.7 Å². The van der Waals surface area contributed by atoms with E-state index in [-0.39, 0.29) is 0 Å². The quantitative estimate of drug-likeness (QED) is 0.697. The van der Waals surface area contributed by atoms with Crippen molar-refractivity contribution in [2.45, 2.75) is 19.9 Å². The Morgan fingerprint density at radius 3 is 2.75 bits per heavy atom. The second-order valence-electron chi connectivity index (χ2n) is 4.17. The predicted octanol–water partition coefficient (Wildman–Crippen LogP) is 2.39. The highest BCUT2D eigenvalue weighted by molar-refractivity contribution is 5.47. The Balaban J connectivity index is 2.06. The molecule has 0 amide bonds. The van der Waals surface area contributed by atoms with Crippen molar-refractivity contribution in [3.8, 4) is 0 Å². The van der Waals surface area contributed by atoms with Crippen molar-refractivity contribution in [2.75, 3.05) is 19.7 Å². The lowest BCUT2D eigenvalue weighted by Crippen LogP contribution is -2.44. The van der Waals surface area contributed by atoms with Crippen molar-refractivity contribution < 1.29 is 9.48 Å². The second kappa shape index (κ2) is 5.23. The van der Waals surface area contributed by atoms with Crippen molar-refractivity contribution in [1.82, 2.24) is 0 Å². The van der Waals surface area contributed by atoms with E-state index in [2.05, 4.69) is 36.2 Å². The molecule has 3 nitrogen and oxygen atoms in total. The van der Waals surface area contributed by atoms with Crippen LogP contribution in [0.3, 0.4) is 0 Å². The van der Waals surface area contributed by atoms with Gasteiger partial charge in [0.25, 0.3) is 0 Å². The summed E-state index contributed by atoms with van der Waals surface area (Å²) in [5, 5.41) is 0. The van der Waals surface area contributed by atoms with Gasteiger partial charge in [-0.15, -0.1) is 4.65 Å². The van der Waals surface area contributed by atoms with Crippen molar-refractivity contribution >= 4 is 6.34 Å². The van der Waals surface area contributed by atoms with Crippen LogP contribution in [0.25, 0.3) is 0 Å². The maximum atomic E-state index is 5.93. The number of rotatable bonds is 5. The van der Waals surface area contributed by atoms with Crippen LogP contribution < -0.4 is 0 Å². The SMILES string of the molecule is CCCO[N+]1(Cc2ccccc2)C=NCC1. The highest BCUT2D eigenvalue weighted by Crippen LogP contribution is 2.17. The van der Waals surface area contributed by atoms with Crippen molar-refractivity contribution in [1.29, 1.82) is 0 Å². The smallest absolute Gasteiger partial charge is 0.218 e. The van der Waals surface area contributed by atoms with Gasteiger partial charge < -0.3 is 0 Å². The lowest BCUT2D eigenvalue weighted by molar-refractivity contribution is -1.04.